The summed E-state index contributed by atoms with van der Waals surface area (Å²) in [6.07, 6.45) is 3.49. The van der Waals surface area contributed by atoms with Crippen LogP contribution in [0.4, 0.5) is 5.69 Å². The molecule has 1 aromatic carbocycles. The van der Waals surface area contributed by atoms with Crippen LogP contribution in [-0.4, -0.2) is 45.1 Å². The van der Waals surface area contributed by atoms with Crippen molar-refractivity contribution in [2.24, 2.45) is 0 Å². The summed E-state index contributed by atoms with van der Waals surface area (Å²) in [5.74, 6) is 0.433. The monoisotopic (exact) mass is 338 g/mol. The van der Waals surface area contributed by atoms with Crippen LogP contribution < -0.4 is 4.31 Å². The van der Waals surface area contributed by atoms with Gasteiger partial charge in [-0.05, 0) is 36.5 Å². The highest BCUT2D eigenvalue weighted by atomic mass is 32.2. The van der Waals surface area contributed by atoms with Gasteiger partial charge in [0.05, 0.1) is 11.9 Å². The molecule has 1 amide bonds. The molecule has 1 aliphatic heterocycles. The van der Waals surface area contributed by atoms with Crippen molar-refractivity contribution >= 4 is 21.6 Å². The van der Waals surface area contributed by atoms with E-state index in [0.29, 0.717) is 11.6 Å². The first-order valence-electron chi connectivity index (χ1n) is 8.14. The normalized spacial score (nSPS) is 15.2. The molecular weight excluding hydrogens is 312 g/mol. The van der Waals surface area contributed by atoms with Crippen LogP contribution in [0.15, 0.2) is 24.3 Å². The molecule has 1 fully saturated rings. The molecule has 0 aromatic heterocycles. The number of likely N-dealkylation sites (tertiary alicyclic amines) is 1. The molecule has 0 saturated carbocycles. The first-order valence-corrected chi connectivity index (χ1v) is 9.99. The Labute approximate surface area is 139 Å². The van der Waals surface area contributed by atoms with E-state index in [1.807, 2.05) is 29.2 Å². The Hall–Kier alpha value is -1.56. The fraction of sp³-hybridized carbons (Fsp3) is 0.588. The molecule has 6 heteroatoms. The molecule has 0 bridgehead atoms. The van der Waals surface area contributed by atoms with E-state index >= 15 is 0 Å². The van der Waals surface area contributed by atoms with Crippen molar-refractivity contribution in [3.63, 3.8) is 0 Å². The highest BCUT2D eigenvalue weighted by molar-refractivity contribution is 7.92. The minimum absolute atomic E-state index is 0.0370. The van der Waals surface area contributed by atoms with Gasteiger partial charge < -0.3 is 4.90 Å². The van der Waals surface area contributed by atoms with E-state index in [9.17, 15) is 13.2 Å². The summed E-state index contributed by atoms with van der Waals surface area (Å²) in [4.78, 5) is 14.0. The van der Waals surface area contributed by atoms with Gasteiger partial charge in [-0.15, -0.1) is 0 Å². The number of anilines is 1. The number of rotatable bonds is 6. The van der Waals surface area contributed by atoms with Gasteiger partial charge in [0.1, 0.15) is 0 Å². The molecule has 23 heavy (non-hydrogen) atoms. The summed E-state index contributed by atoms with van der Waals surface area (Å²) >= 11 is 0. The van der Waals surface area contributed by atoms with Crippen molar-refractivity contribution in [3.8, 4) is 0 Å². The zero-order valence-corrected chi connectivity index (χ0v) is 15.0. The molecule has 1 aromatic rings. The summed E-state index contributed by atoms with van der Waals surface area (Å²) in [6.45, 7) is 5.97. The summed E-state index contributed by atoms with van der Waals surface area (Å²) in [5.41, 5.74) is 1.78. The van der Waals surface area contributed by atoms with Crippen molar-refractivity contribution in [1.82, 2.24) is 4.90 Å². The summed E-state index contributed by atoms with van der Waals surface area (Å²) in [7, 11) is -3.41. The van der Waals surface area contributed by atoms with Crippen LogP contribution in [0, 0.1) is 0 Å². The summed E-state index contributed by atoms with van der Waals surface area (Å²) in [6, 6.07) is 7.52. The number of hydrogen-bond acceptors (Lipinski definition) is 3. The van der Waals surface area contributed by atoms with Gasteiger partial charge in [0.15, 0.2) is 0 Å². The Kier molecular flexibility index (Phi) is 5.68. The quantitative estimate of drug-likeness (QED) is 0.801. The predicted molar refractivity (Wildman–Crippen MR) is 93.2 cm³/mol. The maximum absolute atomic E-state index is 12.2. The Bertz CT molecular complexity index is 632. The van der Waals surface area contributed by atoms with Gasteiger partial charge >= 0.3 is 0 Å². The summed E-state index contributed by atoms with van der Waals surface area (Å²) in [5, 5.41) is 0. The van der Waals surface area contributed by atoms with E-state index in [4.69, 9.17) is 0 Å². The largest absolute Gasteiger partial charge is 0.343 e. The maximum atomic E-state index is 12.2. The lowest BCUT2D eigenvalue weighted by Crippen LogP contribution is -2.35. The van der Waals surface area contributed by atoms with Gasteiger partial charge in [-0.1, -0.05) is 26.0 Å². The second kappa shape index (κ2) is 7.34. The second-order valence-corrected chi connectivity index (χ2v) is 8.33. The van der Waals surface area contributed by atoms with E-state index in [2.05, 4.69) is 13.8 Å². The molecule has 0 N–H and O–H groups in total. The molecule has 0 aliphatic carbocycles. The van der Waals surface area contributed by atoms with E-state index < -0.39 is 10.0 Å². The molecule has 1 saturated heterocycles. The van der Waals surface area contributed by atoms with Gasteiger partial charge in [0.2, 0.25) is 15.9 Å². The van der Waals surface area contributed by atoms with Crippen molar-refractivity contribution < 1.29 is 13.2 Å². The number of amides is 1. The smallest absolute Gasteiger partial charge is 0.232 e. The lowest BCUT2D eigenvalue weighted by molar-refractivity contribution is -0.129. The first-order chi connectivity index (χ1) is 10.8. The minimum atomic E-state index is -3.41. The standard InChI is InChI=1S/C17H26N2O3S/c1-14(2)15-6-8-16(9-7-15)19(23(3,21)22)13-10-17(20)18-11-4-5-12-18/h6-9,14H,4-5,10-13H2,1-3H3. The Morgan fingerprint density at radius 1 is 1.17 bits per heavy atom. The number of carbonyl (C=O) groups is 1. The van der Waals surface area contributed by atoms with Crippen molar-refractivity contribution in [2.45, 2.75) is 39.0 Å². The van der Waals surface area contributed by atoms with Gasteiger partial charge in [-0.25, -0.2) is 8.42 Å². The van der Waals surface area contributed by atoms with E-state index in [0.717, 1.165) is 31.5 Å². The third kappa shape index (κ3) is 4.70. The van der Waals surface area contributed by atoms with Gasteiger partial charge in [0.25, 0.3) is 0 Å². The van der Waals surface area contributed by atoms with Crippen LogP contribution in [0.2, 0.25) is 0 Å². The van der Waals surface area contributed by atoms with Crippen LogP contribution in [-0.2, 0) is 14.8 Å². The lowest BCUT2D eigenvalue weighted by atomic mass is 10.0. The Morgan fingerprint density at radius 2 is 1.74 bits per heavy atom. The third-order valence-electron chi connectivity index (χ3n) is 4.24. The molecule has 0 atom stereocenters. The van der Waals surface area contributed by atoms with E-state index in [-0.39, 0.29) is 18.9 Å². The topological polar surface area (TPSA) is 57.7 Å². The lowest BCUT2D eigenvalue weighted by Gasteiger charge is -2.24. The SMILES string of the molecule is CC(C)c1ccc(N(CCC(=O)N2CCCC2)S(C)(=O)=O)cc1. The predicted octanol–water partition coefficient (Wildman–Crippen LogP) is 2.59. The highest BCUT2D eigenvalue weighted by Gasteiger charge is 2.22. The zero-order chi connectivity index (χ0) is 17.0. The molecule has 0 radical (unpaired) electrons. The van der Waals surface area contributed by atoms with Crippen LogP contribution >= 0.6 is 0 Å². The highest BCUT2D eigenvalue weighted by Crippen LogP contribution is 2.22. The molecule has 0 spiro atoms. The number of carbonyl (C=O) groups excluding carboxylic acids is 1. The van der Waals surface area contributed by atoms with Crippen LogP contribution in [0.25, 0.3) is 0 Å². The van der Waals surface area contributed by atoms with Crippen molar-refractivity contribution in [3.05, 3.63) is 29.8 Å². The molecular formula is C17H26N2O3S. The van der Waals surface area contributed by atoms with Crippen LogP contribution in [0.5, 0.6) is 0 Å². The molecule has 2 rings (SSSR count). The molecule has 1 aliphatic rings. The fourth-order valence-electron chi connectivity index (χ4n) is 2.83. The zero-order valence-electron chi connectivity index (χ0n) is 14.2. The van der Waals surface area contributed by atoms with Gasteiger partial charge in [0, 0.05) is 26.1 Å². The fourth-order valence-corrected chi connectivity index (χ4v) is 3.76. The first kappa shape index (κ1) is 17.8. The van der Waals surface area contributed by atoms with E-state index in [1.54, 1.807) is 0 Å². The van der Waals surface area contributed by atoms with Crippen LogP contribution in [0.3, 0.4) is 0 Å². The number of benzene rings is 1. The molecule has 0 unspecified atom stereocenters. The minimum Gasteiger partial charge on any atom is -0.343 e. The Balaban J connectivity index is 2.09. The van der Waals surface area contributed by atoms with Crippen LogP contribution in [0.1, 0.15) is 44.6 Å². The maximum Gasteiger partial charge on any atom is 0.232 e. The second-order valence-electron chi connectivity index (χ2n) is 6.42. The average molecular weight is 338 g/mol. The molecule has 128 valence electrons. The van der Waals surface area contributed by atoms with E-state index in [1.165, 1.54) is 10.6 Å². The van der Waals surface area contributed by atoms with Gasteiger partial charge in [-0.3, -0.25) is 9.10 Å². The molecule has 1 heterocycles. The third-order valence-corrected chi connectivity index (χ3v) is 5.43. The number of nitrogens with zero attached hydrogens (tertiary/aromatic N) is 2. The number of sulfonamides is 1. The average Bonchev–Trinajstić information content (AvgIpc) is 3.00. The van der Waals surface area contributed by atoms with Crippen molar-refractivity contribution in [2.75, 3.05) is 30.2 Å². The van der Waals surface area contributed by atoms with Crippen molar-refractivity contribution in [1.29, 1.82) is 0 Å². The summed E-state index contributed by atoms with van der Waals surface area (Å²) < 4.78 is 25.5. The Morgan fingerprint density at radius 3 is 2.22 bits per heavy atom. The molecule has 5 nitrogen and oxygen atoms in total. The number of hydrogen-bond donors (Lipinski definition) is 0. The van der Waals surface area contributed by atoms with Gasteiger partial charge in [-0.2, -0.15) is 0 Å².